The van der Waals surface area contributed by atoms with Crippen LogP contribution in [0.25, 0.3) is 5.65 Å². The Morgan fingerprint density at radius 2 is 2.14 bits per heavy atom. The van der Waals surface area contributed by atoms with Gasteiger partial charge in [0.2, 0.25) is 0 Å². The minimum absolute atomic E-state index is 0.0253. The average Bonchev–Trinajstić information content (AvgIpc) is 2.92. The fourth-order valence-electron chi connectivity index (χ4n) is 2.37. The molecular weight excluding hydrogens is 282 g/mol. The van der Waals surface area contributed by atoms with Crippen molar-refractivity contribution in [1.82, 2.24) is 14.3 Å². The number of fused-ring (bicyclic) bond motifs is 1. The molecule has 0 fully saturated rings. The van der Waals surface area contributed by atoms with Crippen LogP contribution in [0.15, 0.2) is 46.0 Å². The van der Waals surface area contributed by atoms with Gasteiger partial charge in [-0.15, -0.1) is 0 Å². The highest BCUT2D eigenvalue weighted by atomic mass is 32.1. The molecule has 0 amide bonds. The van der Waals surface area contributed by atoms with E-state index in [1.807, 2.05) is 32.3 Å². The lowest BCUT2D eigenvalue weighted by atomic mass is 10.3. The lowest BCUT2D eigenvalue weighted by molar-refractivity contribution is 0.315. The molecule has 4 nitrogen and oxygen atoms in total. The highest BCUT2D eigenvalue weighted by molar-refractivity contribution is 7.07. The standard InChI is InChI=1S/C16H17N3OS/c1-12-3-4-15-17-14(7-16(20)19(15)8-12)10-18(2)9-13-5-6-21-11-13/h3-8,11H,9-10H2,1-2H3. The first-order valence-corrected chi connectivity index (χ1v) is 7.75. The second-order valence-corrected chi connectivity index (χ2v) is 6.10. The molecule has 3 heterocycles. The van der Waals surface area contributed by atoms with Gasteiger partial charge >= 0.3 is 0 Å². The van der Waals surface area contributed by atoms with Crippen molar-refractivity contribution in [1.29, 1.82) is 0 Å². The van der Waals surface area contributed by atoms with E-state index < -0.39 is 0 Å². The number of thiophene rings is 1. The van der Waals surface area contributed by atoms with E-state index >= 15 is 0 Å². The van der Waals surface area contributed by atoms with Gasteiger partial charge in [0, 0.05) is 25.4 Å². The van der Waals surface area contributed by atoms with Crippen molar-refractivity contribution in [3.8, 4) is 0 Å². The molecule has 0 unspecified atom stereocenters. The number of aromatic nitrogens is 2. The SMILES string of the molecule is Cc1ccc2nc(CN(C)Cc3ccsc3)cc(=O)n2c1. The van der Waals surface area contributed by atoms with Gasteiger partial charge < -0.3 is 0 Å². The van der Waals surface area contributed by atoms with Gasteiger partial charge in [0.15, 0.2) is 0 Å². The zero-order chi connectivity index (χ0) is 14.8. The van der Waals surface area contributed by atoms with Crippen LogP contribution in [0.5, 0.6) is 0 Å². The van der Waals surface area contributed by atoms with Gasteiger partial charge in [-0.1, -0.05) is 6.07 Å². The van der Waals surface area contributed by atoms with Crippen LogP contribution in [0.2, 0.25) is 0 Å². The number of hydrogen-bond acceptors (Lipinski definition) is 4. The summed E-state index contributed by atoms with van der Waals surface area (Å²) < 4.78 is 1.59. The maximum absolute atomic E-state index is 12.2. The largest absolute Gasteiger partial charge is 0.296 e. The molecule has 0 aliphatic heterocycles. The minimum Gasteiger partial charge on any atom is -0.296 e. The molecule has 108 valence electrons. The van der Waals surface area contributed by atoms with E-state index in [1.165, 1.54) is 5.56 Å². The predicted molar refractivity (Wildman–Crippen MR) is 85.7 cm³/mol. The van der Waals surface area contributed by atoms with Crippen LogP contribution in [0.1, 0.15) is 16.8 Å². The molecule has 0 saturated carbocycles. The molecule has 5 heteroatoms. The number of pyridine rings is 1. The van der Waals surface area contributed by atoms with E-state index in [0.717, 1.165) is 17.8 Å². The minimum atomic E-state index is -0.0253. The Labute approximate surface area is 127 Å². The molecule has 0 N–H and O–H groups in total. The summed E-state index contributed by atoms with van der Waals surface area (Å²) in [5, 5.41) is 4.22. The van der Waals surface area contributed by atoms with Crippen LogP contribution >= 0.6 is 11.3 Å². The lowest BCUT2D eigenvalue weighted by Crippen LogP contribution is -2.21. The zero-order valence-corrected chi connectivity index (χ0v) is 12.9. The molecule has 0 spiro atoms. The third-order valence-electron chi connectivity index (χ3n) is 3.33. The number of rotatable bonds is 4. The second-order valence-electron chi connectivity index (χ2n) is 5.32. The van der Waals surface area contributed by atoms with Gasteiger partial charge in [-0.2, -0.15) is 11.3 Å². The first kappa shape index (κ1) is 14.0. The first-order chi connectivity index (χ1) is 10.1. The molecule has 3 rings (SSSR count). The zero-order valence-electron chi connectivity index (χ0n) is 12.1. The Balaban J connectivity index is 1.84. The lowest BCUT2D eigenvalue weighted by Gasteiger charge is -2.15. The summed E-state index contributed by atoms with van der Waals surface area (Å²) in [6, 6.07) is 7.60. The van der Waals surface area contributed by atoms with Crippen molar-refractivity contribution in [3.05, 3.63) is 68.4 Å². The van der Waals surface area contributed by atoms with E-state index in [9.17, 15) is 4.79 Å². The van der Waals surface area contributed by atoms with Crippen molar-refractivity contribution in [3.63, 3.8) is 0 Å². The predicted octanol–water partition coefficient (Wildman–Crippen LogP) is 2.70. The number of aryl methyl sites for hydroxylation is 1. The normalized spacial score (nSPS) is 11.4. The fraction of sp³-hybridized carbons (Fsp3) is 0.250. The molecule has 0 aliphatic rings. The Bertz CT molecular complexity index is 808. The Hall–Kier alpha value is -1.98. The van der Waals surface area contributed by atoms with Gasteiger partial charge in [0.05, 0.1) is 5.69 Å². The van der Waals surface area contributed by atoms with Crippen LogP contribution < -0.4 is 5.56 Å². The van der Waals surface area contributed by atoms with Crippen LogP contribution in [0, 0.1) is 6.92 Å². The van der Waals surface area contributed by atoms with Crippen LogP contribution in [0.3, 0.4) is 0 Å². The van der Waals surface area contributed by atoms with Crippen molar-refractivity contribution in [2.75, 3.05) is 7.05 Å². The number of hydrogen-bond donors (Lipinski definition) is 0. The first-order valence-electron chi connectivity index (χ1n) is 6.80. The van der Waals surface area contributed by atoms with Gasteiger partial charge in [0.1, 0.15) is 5.65 Å². The molecule has 21 heavy (non-hydrogen) atoms. The van der Waals surface area contributed by atoms with Gasteiger partial charge in [-0.25, -0.2) is 4.98 Å². The summed E-state index contributed by atoms with van der Waals surface area (Å²) in [4.78, 5) is 18.9. The topological polar surface area (TPSA) is 37.6 Å². The summed E-state index contributed by atoms with van der Waals surface area (Å²) in [5.74, 6) is 0. The van der Waals surface area contributed by atoms with Crippen molar-refractivity contribution in [2.24, 2.45) is 0 Å². The highest BCUT2D eigenvalue weighted by Gasteiger charge is 2.06. The Morgan fingerprint density at radius 1 is 1.29 bits per heavy atom. The van der Waals surface area contributed by atoms with E-state index in [-0.39, 0.29) is 5.56 Å². The van der Waals surface area contributed by atoms with Crippen LogP contribution in [0.4, 0.5) is 0 Å². The van der Waals surface area contributed by atoms with E-state index in [1.54, 1.807) is 21.8 Å². The van der Waals surface area contributed by atoms with E-state index in [2.05, 4.69) is 26.7 Å². The maximum Gasteiger partial charge on any atom is 0.258 e. The Morgan fingerprint density at radius 3 is 2.90 bits per heavy atom. The molecule has 0 atom stereocenters. The number of nitrogens with zero attached hydrogens (tertiary/aromatic N) is 3. The maximum atomic E-state index is 12.2. The molecule has 0 aliphatic carbocycles. The van der Waals surface area contributed by atoms with Gasteiger partial charge in [0.25, 0.3) is 5.56 Å². The van der Waals surface area contributed by atoms with E-state index in [0.29, 0.717) is 12.2 Å². The monoisotopic (exact) mass is 299 g/mol. The molecule has 0 radical (unpaired) electrons. The molecule has 3 aromatic heterocycles. The Kier molecular flexibility index (Phi) is 3.86. The molecule has 3 aromatic rings. The van der Waals surface area contributed by atoms with E-state index in [4.69, 9.17) is 0 Å². The van der Waals surface area contributed by atoms with Crippen molar-refractivity contribution < 1.29 is 0 Å². The smallest absolute Gasteiger partial charge is 0.258 e. The molecule has 0 bridgehead atoms. The third kappa shape index (κ3) is 3.20. The van der Waals surface area contributed by atoms with Crippen LogP contribution in [-0.2, 0) is 13.1 Å². The quantitative estimate of drug-likeness (QED) is 0.743. The van der Waals surface area contributed by atoms with Gasteiger partial charge in [-0.3, -0.25) is 14.1 Å². The molecule has 0 saturated heterocycles. The van der Waals surface area contributed by atoms with Crippen molar-refractivity contribution >= 4 is 17.0 Å². The van der Waals surface area contributed by atoms with Gasteiger partial charge in [-0.05, 0) is 48.0 Å². The summed E-state index contributed by atoms with van der Waals surface area (Å²) in [6.07, 6.45) is 1.82. The summed E-state index contributed by atoms with van der Waals surface area (Å²) in [7, 11) is 2.04. The molecule has 0 aromatic carbocycles. The van der Waals surface area contributed by atoms with Crippen LogP contribution in [-0.4, -0.2) is 21.3 Å². The fourth-order valence-corrected chi connectivity index (χ4v) is 3.03. The summed E-state index contributed by atoms with van der Waals surface area (Å²) >= 11 is 1.70. The summed E-state index contributed by atoms with van der Waals surface area (Å²) in [5.41, 5.74) is 3.82. The second kappa shape index (κ2) is 5.79. The third-order valence-corrected chi connectivity index (χ3v) is 4.06. The average molecular weight is 299 g/mol. The summed E-state index contributed by atoms with van der Waals surface area (Å²) in [6.45, 7) is 3.49. The highest BCUT2D eigenvalue weighted by Crippen LogP contribution is 2.10. The van der Waals surface area contributed by atoms with Crippen molar-refractivity contribution in [2.45, 2.75) is 20.0 Å². The molecular formula is C16H17N3OS.